The van der Waals surface area contributed by atoms with Gasteiger partial charge in [0, 0.05) is 50.2 Å². The molecule has 1 fully saturated rings. The fraction of sp³-hybridized carbons (Fsp3) is 0.364. The normalized spacial score (nSPS) is 14.7. The molecule has 1 saturated heterocycles. The van der Waals surface area contributed by atoms with Gasteiger partial charge < -0.3 is 9.64 Å². The second-order valence-electron chi connectivity index (χ2n) is 7.09. The number of piperidine rings is 1. The standard InChI is InChI=1S/C22H25N5O2/c1-2-19-23-12-15-27(19)22-21(24-10-11-25-22)17-8-13-26(14-9-17)20(28)16-29-18-6-4-3-5-7-18/h3-7,10-12,15,17H,2,8-9,13-14,16H2,1H3. The monoisotopic (exact) mass is 391 g/mol. The molecule has 7 nitrogen and oxygen atoms in total. The third kappa shape index (κ3) is 4.29. The van der Waals surface area contributed by atoms with Crippen molar-refractivity contribution in [2.24, 2.45) is 0 Å². The van der Waals surface area contributed by atoms with Crippen molar-refractivity contribution >= 4 is 5.91 Å². The number of carbonyl (C=O) groups excluding carboxylic acids is 1. The van der Waals surface area contributed by atoms with Gasteiger partial charge in [0.1, 0.15) is 11.6 Å². The lowest BCUT2D eigenvalue weighted by Gasteiger charge is -2.32. The van der Waals surface area contributed by atoms with Gasteiger partial charge in [-0.2, -0.15) is 0 Å². The number of hydrogen-bond donors (Lipinski definition) is 0. The van der Waals surface area contributed by atoms with Gasteiger partial charge in [0.2, 0.25) is 0 Å². The Hall–Kier alpha value is -3.22. The number of carbonyl (C=O) groups is 1. The zero-order chi connectivity index (χ0) is 20.1. The Morgan fingerprint density at radius 2 is 1.83 bits per heavy atom. The molecule has 1 aromatic carbocycles. The van der Waals surface area contributed by atoms with Crippen molar-refractivity contribution in [1.82, 2.24) is 24.4 Å². The van der Waals surface area contributed by atoms with Crippen LogP contribution in [0.2, 0.25) is 0 Å². The zero-order valence-electron chi connectivity index (χ0n) is 16.6. The van der Waals surface area contributed by atoms with Crippen molar-refractivity contribution < 1.29 is 9.53 Å². The summed E-state index contributed by atoms with van der Waals surface area (Å²) >= 11 is 0. The maximum absolute atomic E-state index is 12.5. The van der Waals surface area contributed by atoms with Crippen LogP contribution in [-0.2, 0) is 11.2 Å². The van der Waals surface area contributed by atoms with Gasteiger partial charge in [-0.05, 0) is 25.0 Å². The van der Waals surface area contributed by atoms with Gasteiger partial charge in [-0.15, -0.1) is 0 Å². The molecule has 0 radical (unpaired) electrons. The summed E-state index contributed by atoms with van der Waals surface area (Å²) in [6.45, 7) is 3.54. The molecule has 0 bridgehead atoms. The summed E-state index contributed by atoms with van der Waals surface area (Å²) < 4.78 is 7.62. The molecule has 29 heavy (non-hydrogen) atoms. The predicted octanol–water partition coefficient (Wildman–Crippen LogP) is 3.01. The van der Waals surface area contributed by atoms with E-state index < -0.39 is 0 Å². The Labute approximate surface area is 170 Å². The molecule has 7 heteroatoms. The van der Waals surface area contributed by atoms with Crippen LogP contribution in [0.5, 0.6) is 5.75 Å². The number of ether oxygens (including phenoxy) is 1. The molecule has 1 amide bonds. The third-order valence-corrected chi connectivity index (χ3v) is 5.31. The molecule has 2 aromatic heterocycles. The molecule has 4 rings (SSSR count). The second kappa shape index (κ2) is 8.86. The Morgan fingerprint density at radius 1 is 1.07 bits per heavy atom. The molecular weight excluding hydrogens is 366 g/mol. The lowest BCUT2D eigenvalue weighted by atomic mass is 9.93. The first kappa shape index (κ1) is 19.1. The Balaban J connectivity index is 1.39. The number of amides is 1. The number of aryl methyl sites for hydroxylation is 1. The third-order valence-electron chi connectivity index (χ3n) is 5.31. The summed E-state index contributed by atoms with van der Waals surface area (Å²) in [4.78, 5) is 28.0. The van der Waals surface area contributed by atoms with Crippen molar-refractivity contribution in [2.75, 3.05) is 19.7 Å². The van der Waals surface area contributed by atoms with Gasteiger partial charge in [-0.3, -0.25) is 14.3 Å². The average Bonchev–Trinajstić information content (AvgIpc) is 3.27. The molecule has 0 saturated carbocycles. The first-order valence-electron chi connectivity index (χ1n) is 10.1. The highest BCUT2D eigenvalue weighted by atomic mass is 16.5. The molecule has 150 valence electrons. The topological polar surface area (TPSA) is 73.1 Å². The molecule has 0 aliphatic carbocycles. The van der Waals surface area contributed by atoms with Crippen LogP contribution in [0.1, 0.15) is 37.2 Å². The van der Waals surface area contributed by atoms with E-state index in [9.17, 15) is 4.79 Å². The zero-order valence-corrected chi connectivity index (χ0v) is 16.6. The SMILES string of the molecule is CCc1nccn1-c1nccnc1C1CCN(C(=O)COc2ccccc2)CC1. The van der Waals surface area contributed by atoms with E-state index in [0.717, 1.165) is 36.6 Å². The first-order valence-corrected chi connectivity index (χ1v) is 10.1. The number of nitrogens with zero attached hydrogens (tertiary/aromatic N) is 5. The van der Waals surface area contributed by atoms with Crippen molar-refractivity contribution in [3.8, 4) is 11.6 Å². The predicted molar refractivity (Wildman–Crippen MR) is 109 cm³/mol. The van der Waals surface area contributed by atoms with Crippen LogP contribution >= 0.6 is 0 Å². The lowest BCUT2D eigenvalue weighted by molar-refractivity contribution is -0.134. The number of para-hydroxylation sites is 1. The average molecular weight is 391 g/mol. The maximum atomic E-state index is 12.5. The summed E-state index contributed by atoms with van der Waals surface area (Å²) in [6.07, 6.45) is 9.75. The highest BCUT2D eigenvalue weighted by Crippen LogP contribution is 2.30. The van der Waals surface area contributed by atoms with Crippen molar-refractivity contribution in [3.05, 3.63) is 66.6 Å². The lowest BCUT2D eigenvalue weighted by Crippen LogP contribution is -2.40. The van der Waals surface area contributed by atoms with Crippen LogP contribution in [0.15, 0.2) is 55.1 Å². The maximum Gasteiger partial charge on any atom is 0.260 e. The minimum Gasteiger partial charge on any atom is -0.484 e. The van der Waals surface area contributed by atoms with Gasteiger partial charge in [0.05, 0.1) is 5.69 Å². The van der Waals surface area contributed by atoms with Crippen LogP contribution in [0.4, 0.5) is 0 Å². The van der Waals surface area contributed by atoms with E-state index in [1.165, 1.54) is 0 Å². The highest BCUT2D eigenvalue weighted by molar-refractivity contribution is 5.77. The minimum absolute atomic E-state index is 0.0227. The van der Waals surface area contributed by atoms with Crippen LogP contribution in [0, 0.1) is 0 Å². The minimum atomic E-state index is 0.0227. The summed E-state index contributed by atoms with van der Waals surface area (Å²) in [5.41, 5.74) is 0.979. The molecular formula is C22H25N5O2. The number of hydrogen-bond acceptors (Lipinski definition) is 5. The molecule has 0 spiro atoms. The quantitative estimate of drug-likeness (QED) is 0.646. The van der Waals surface area contributed by atoms with Gasteiger partial charge in [-0.25, -0.2) is 9.97 Å². The van der Waals surface area contributed by atoms with Gasteiger partial charge in [0.25, 0.3) is 5.91 Å². The molecule has 1 aliphatic heterocycles. The second-order valence-corrected chi connectivity index (χ2v) is 7.09. The molecule has 3 heterocycles. The molecule has 0 unspecified atom stereocenters. The van der Waals surface area contributed by atoms with Gasteiger partial charge >= 0.3 is 0 Å². The summed E-state index contributed by atoms with van der Waals surface area (Å²) in [5.74, 6) is 2.82. The van der Waals surface area contributed by atoms with E-state index in [-0.39, 0.29) is 18.4 Å². The van der Waals surface area contributed by atoms with Crippen molar-refractivity contribution in [1.29, 1.82) is 0 Å². The Morgan fingerprint density at radius 3 is 2.59 bits per heavy atom. The number of likely N-dealkylation sites (tertiary alicyclic amines) is 1. The molecule has 0 N–H and O–H groups in total. The van der Waals surface area contributed by atoms with Crippen LogP contribution < -0.4 is 4.74 Å². The van der Waals surface area contributed by atoms with E-state index in [2.05, 4.69) is 21.9 Å². The van der Waals surface area contributed by atoms with E-state index in [1.54, 1.807) is 18.6 Å². The van der Waals surface area contributed by atoms with Crippen molar-refractivity contribution in [2.45, 2.75) is 32.1 Å². The molecule has 1 aliphatic rings. The van der Waals surface area contributed by atoms with E-state index in [0.29, 0.717) is 18.8 Å². The molecule has 0 atom stereocenters. The Kier molecular flexibility index (Phi) is 5.84. The van der Waals surface area contributed by atoms with E-state index in [4.69, 9.17) is 4.74 Å². The Bertz CT molecular complexity index is 949. The first-order chi connectivity index (χ1) is 14.3. The number of imidazole rings is 1. The fourth-order valence-electron chi connectivity index (χ4n) is 3.76. The van der Waals surface area contributed by atoms with Gasteiger partial charge in [0.15, 0.2) is 12.4 Å². The largest absolute Gasteiger partial charge is 0.484 e. The van der Waals surface area contributed by atoms with Crippen LogP contribution in [0.3, 0.4) is 0 Å². The van der Waals surface area contributed by atoms with E-state index in [1.807, 2.05) is 46.0 Å². The summed E-state index contributed by atoms with van der Waals surface area (Å²) in [6, 6.07) is 9.43. The summed E-state index contributed by atoms with van der Waals surface area (Å²) in [5, 5.41) is 0. The smallest absolute Gasteiger partial charge is 0.260 e. The number of rotatable bonds is 6. The van der Waals surface area contributed by atoms with Crippen molar-refractivity contribution in [3.63, 3.8) is 0 Å². The molecule has 3 aromatic rings. The van der Waals surface area contributed by atoms with Crippen LogP contribution in [-0.4, -0.2) is 50.0 Å². The fourth-order valence-corrected chi connectivity index (χ4v) is 3.76. The highest BCUT2D eigenvalue weighted by Gasteiger charge is 2.27. The summed E-state index contributed by atoms with van der Waals surface area (Å²) in [7, 11) is 0. The number of aromatic nitrogens is 4. The van der Waals surface area contributed by atoms with E-state index >= 15 is 0 Å². The number of benzene rings is 1. The van der Waals surface area contributed by atoms with Gasteiger partial charge in [-0.1, -0.05) is 25.1 Å². The van der Waals surface area contributed by atoms with Crippen LogP contribution in [0.25, 0.3) is 5.82 Å².